The van der Waals surface area contributed by atoms with Gasteiger partial charge >= 0.3 is 5.97 Å². The van der Waals surface area contributed by atoms with Crippen LogP contribution >= 0.6 is 0 Å². The molecule has 1 rings (SSSR count). The van der Waals surface area contributed by atoms with Crippen molar-refractivity contribution in [3.63, 3.8) is 0 Å². The average Bonchev–Trinajstić information content (AvgIpc) is 2.46. The second kappa shape index (κ2) is 8.02. The summed E-state index contributed by atoms with van der Waals surface area (Å²) in [6.07, 6.45) is 1.06. The lowest BCUT2D eigenvalue weighted by Gasteiger charge is -2.22. The molecule has 3 unspecified atom stereocenters. The average molecular weight is 279 g/mol. The number of rotatable bonds is 8. The number of carboxylic acid groups (broad SMARTS) is 1. The van der Waals surface area contributed by atoms with E-state index in [0.29, 0.717) is 0 Å². The van der Waals surface area contributed by atoms with Gasteiger partial charge in [-0.15, -0.1) is 0 Å². The van der Waals surface area contributed by atoms with E-state index in [1.165, 1.54) is 5.56 Å². The Bertz CT molecular complexity index is 416. The van der Waals surface area contributed by atoms with Gasteiger partial charge in [0, 0.05) is 6.54 Å². The molecular formula is C16H25NO3. The Balaban J connectivity index is 2.60. The Hall–Kier alpha value is -1.39. The van der Waals surface area contributed by atoms with E-state index in [-0.39, 0.29) is 12.5 Å². The zero-order valence-electron chi connectivity index (χ0n) is 12.5. The fourth-order valence-electron chi connectivity index (χ4n) is 2.10. The highest BCUT2D eigenvalue weighted by molar-refractivity contribution is 5.73. The molecule has 20 heavy (non-hydrogen) atoms. The van der Waals surface area contributed by atoms with Gasteiger partial charge < -0.3 is 15.5 Å². The minimum absolute atomic E-state index is 0.0298. The highest BCUT2D eigenvalue weighted by Gasteiger charge is 2.23. The van der Waals surface area contributed by atoms with Crippen LogP contribution in [-0.4, -0.2) is 28.8 Å². The molecule has 0 amide bonds. The standard InChI is InChI=1S/C16H25NO3/c1-4-11(3)15(16(19)20)17-10-14(18)13-8-6-12(5-2)7-9-13/h6-9,11,14-15,17-18H,4-5,10H2,1-3H3,(H,19,20). The Morgan fingerprint density at radius 1 is 1.25 bits per heavy atom. The van der Waals surface area contributed by atoms with Gasteiger partial charge in [0.1, 0.15) is 6.04 Å². The van der Waals surface area contributed by atoms with Gasteiger partial charge in [-0.2, -0.15) is 0 Å². The van der Waals surface area contributed by atoms with Gasteiger partial charge in [-0.05, 0) is 23.5 Å². The van der Waals surface area contributed by atoms with Crippen molar-refractivity contribution in [1.82, 2.24) is 5.32 Å². The second-order valence-corrected chi connectivity index (χ2v) is 5.22. The highest BCUT2D eigenvalue weighted by Crippen LogP contribution is 2.15. The zero-order valence-corrected chi connectivity index (χ0v) is 12.5. The largest absolute Gasteiger partial charge is 0.480 e. The summed E-state index contributed by atoms with van der Waals surface area (Å²) >= 11 is 0. The third kappa shape index (κ3) is 4.62. The Labute approximate surface area is 120 Å². The van der Waals surface area contributed by atoms with Gasteiger partial charge in [0.15, 0.2) is 0 Å². The highest BCUT2D eigenvalue weighted by atomic mass is 16.4. The molecule has 0 saturated heterocycles. The molecule has 1 aromatic carbocycles. The number of carboxylic acids is 1. The maximum absolute atomic E-state index is 11.2. The van der Waals surface area contributed by atoms with Gasteiger partial charge in [-0.25, -0.2) is 0 Å². The lowest BCUT2D eigenvalue weighted by molar-refractivity contribution is -0.141. The van der Waals surface area contributed by atoms with Crippen LogP contribution in [0.15, 0.2) is 24.3 Å². The van der Waals surface area contributed by atoms with Crippen LogP contribution in [0.25, 0.3) is 0 Å². The van der Waals surface area contributed by atoms with Crippen molar-refractivity contribution in [2.24, 2.45) is 5.92 Å². The van der Waals surface area contributed by atoms with Crippen LogP contribution < -0.4 is 5.32 Å². The number of aliphatic hydroxyl groups is 1. The van der Waals surface area contributed by atoms with Crippen LogP contribution in [0.1, 0.15) is 44.4 Å². The van der Waals surface area contributed by atoms with Gasteiger partial charge in [-0.3, -0.25) is 4.79 Å². The summed E-state index contributed by atoms with van der Waals surface area (Å²) in [6, 6.07) is 7.14. The molecule has 3 N–H and O–H groups in total. The van der Waals surface area contributed by atoms with E-state index in [0.717, 1.165) is 18.4 Å². The number of aliphatic carboxylic acids is 1. The molecule has 0 spiro atoms. The quantitative estimate of drug-likeness (QED) is 0.683. The third-order valence-corrected chi connectivity index (χ3v) is 3.78. The molecule has 0 fully saturated rings. The fraction of sp³-hybridized carbons (Fsp3) is 0.562. The van der Waals surface area contributed by atoms with Crippen molar-refractivity contribution in [2.75, 3.05) is 6.54 Å². The molecule has 4 nitrogen and oxygen atoms in total. The molecule has 0 aliphatic heterocycles. The molecule has 0 aromatic heterocycles. The van der Waals surface area contributed by atoms with E-state index in [4.69, 9.17) is 0 Å². The molecule has 0 heterocycles. The molecule has 1 aromatic rings. The molecule has 0 aliphatic rings. The van der Waals surface area contributed by atoms with Crippen LogP contribution in [0, 0.1) is 5.92 Å². The van der Waals surface area contributed by atoms with Crippen molar-refractivity contribution in [3.8, 4) is 0 Å². The maximum Gasteiger partial charge on any atom is 0.320 e. The van der Waals surface area contributed by atoms with Gasteiger partial charge in [0.25, 0.3) is 0 Å². The van der Waals surface area contributed by atoms with Crippen LogP contribution in [-0.2, 0) is 11.2 Å². The monoisotopic (exact) mass is 279 g/mol. The third-order valence-electron chi connectivity index (χ3n) is 3.78. The predicted molar refractivity (Wildman–Crippen MR) is 79.7 cm³/mol. The second-order valence-electron chi connectivity index (χ2n) is 5.22. The van der Waals surface area contributed by atoms with Crippen molar-refractivity contribution >= 4 is 5.97 Å². The van der Waals surface area contributed by atoms with E-state index < -0.39 is 18.1 Å². The van der Waals surface area contributed by atoms with Crippen molar-refractivity contribution in [2.45, 2.75) is 45.8 Å². The van der Waals surface area contributed by atoms with Gasteiger partial charge in [0.05, 0.1) is 6.10 Å². The molecule has 4 heteroatoms. The number of carbonyl (C=O) groups is 1. The van der Waals surface area contributed by atoms with Gasteiger partial charge in [-0.1, -0.05) is 51.5 Å². The molecule has 0 saturated carbocycles. The minimum atomic E-state index is -0.868. The van der Waals surface area contributed by atoms with E-state index in [1.807, 2.05) is 38.1 Å². The van der Waals surface area contributed by atoms with Crippen LogP contribution in [0.4, 0.5) is 0 Å². The van der Waals surface area contributed by atoms with Crippen LogP contribution in [0.3, 0.4) is 0 Å². The van der Waals surface area contributed by atoms with Gasteiger partial charge in [0.2, 0.25) is 0 Å². The first-order valence-corrected chi connectivity index (χ1v) is 7.22. The predicted octanol–water partition coefficient (Wildman–Crippen LogP) is 2.37. The summed E-state index contributed by atoms with van der Waals surface area (Å²) in [5.41, 5.74) is 2.03. The van der Waals surface area contributed by atoms with Crippen LogP contribution in [0.2, 0.25) is 0 Å². The summed E-state index contributed by atoms with van der Waals surface area (Å²) in [5.74, 6) is -0.838. The number of aliphatic hydroxyl groups excluding tert-OH is 1. The number of hydrogen-bond acceptors (Lipinski definition) is 3. The number of aryl methyl sites for hydroxylation is 1. The number of nitrogens with one attached hydrogen (secondary N) is 1. The van der Waals surface area contributed by atoms with Crippen molar-refractivity contribution < 1.29 is 15.0 Å². The molecule has 0 aliphatic carbocycles. The summed E-state index contributed by atoms with van der Waals surface area (Å²) in [6.45, 7) is 6.18. The molecular weight excluding hydrogens is 254 g/mol. The Morgan fingerprint density at radius 2 is 1.85 bits per heavy atom. The normalized spacial score (nSPS) is 15.6. The minimum Gasteiger partial charge on any atom is -0.480 e. The Morgan fingerprint density at radius 3 is 2.30 bits per heavy atom. The topological polar surface area (TPSA) is 69.6 Å². The first-order valence-electron chi connectivity index (χ1n) is 7.22. The summed E-state index contributed by atoms with van der Waals surface area (Å²) < 4.78 is 0. The lowest BCUT2D eigenvalue weighted by atomic mass is 9.98. The smallest absolute Gasteiger partial charge is 0.320 e. The van der Waals surface area contributed by atoms with E-state index in [1.54, 1.807) is 0 Å². The first-order chi connectivity index (χ1) is 9.49. The van der Waals surface area contributed by atoms with Crippen molar-refractivity contribution in [3.05, 3.63) is 35.4 Å². The Kier molecular flexibility index (Phi) is 6.68. The molecule has 0 radical (unpaired) electrons. The maximum atomic E-state index is 11.2. The van der Waals surface area contributed by atoms with Crippen molar-refractivity contribution in [1.29, 1.82) is 0 Å². The number of hydrogen-bond donors (Lipinski definition) is 3. The SMILES string of the molecule is CCc1ccc(C(O)CNC(C(=O)O)C(C)CC)cc1. The molecule has 3 atom stereocenters. The molecule has 0 bridgehead atoms. The van der Waals surface area contributed by atoms with E-state index in [2.05, 4.69) is 12.2 Å². The fourth-order valence-corrected chi connectivity index (χ4v) is 2.10. The summed E-state index contributed by atoms with van der Waals surface area (Å²) in [5, 5.41) is 22.2. The van der Waals surface area contributed by atoms with Crippen LogP contribution in [0.5, 0.6) is 0 Å². The summed E-state index contributed by atoms with van der Waals surface area (Å²) in [4.78, 5) is 11.2. The molecule has 112 valence electrons. The number of benzene rings is 1. The van der Waals surface area contributed by atoms with E-state index in [9.17, 15) is 15.0 Å². The first kappa shape index (κ1) is 16.7. The zero-order chi connectivity index (χ0) is 15.1. The summed E-state index contributed by atoms with van der Waals surface area (Å²) in [7, 11) is 0. The van der Waals surface area contributed by atoms with E-state index >= 15 is 0 Å². The lowest BCUT2D eigenvalue weighted by Crippen LogP contribution is -2.43.